The largest absolute Gasteiger partial charge is 0.497 e. The van der Waals surface area contributed by atoms with Crippen LogP contribution in [0.15, 0.2) is 83.3 Å². The van der Waals surface area contributed by atoms with Gasteiger partial charge in [0.25, 0.3) is 0 Å². The van der Waals surface area contributed by atoms with Crippen LogP contribution in [-0.4, -0.2) is 57.1 Å². The van der Waals surface area contributed by atoms with Gasteiger partial charge >= 0.3 is 0 Å². The number of carbonyl (C=O) groups is 2. The molecule has 1 aliphatic carbocycles. The Morgan fingerprint density at radius 1 is 0.976 bits per heavy atom. The Morgan fingerprint density at radius 3 is 2.32 bits per heavy atom. The molecule has 1 fully saturated rings. The molecule has 0 heterocycles. The molecule has 1 saturated carbocycles. The molecule has 0 aromatic heterocycles. The van der Waals surface area contributed by atoms with Crippen LogP contribution in [0.1, 0.15) is 36.8 Å². The van der Waals surface area contributed by atoms with Crippen LogP contribution < -0.4 is 14.4 Å². The summed E-state index contributed by atoms with van der Waals surface area (Å²) in [6.45, 7) is -0.342. The molecule has 41 heavy (non-hydrogen) atoms. The van der Waals surface area contributed by atoms with E-state index in [0.717, 1.165) is 51.8 Å². The quantitative estimate of drug-likeness (QED) is 0.303. The van der Waals surface area contributed by atoms with E-state index in [1.165, 1.54) is 12.0 Å². The molecule has 0 saturated heterocycles. The van der Waals surface area contributed by atoms with Gasteiger partial charge < -0.3 is 15.0 Å². The van der Waals surface area contributed by atoms with E-state index in [4.69, 9.17) is 4.74 Å². The van der Waals surface area contributed by atoms with Crippen LogP contribution >= 0.6 is 15.9 Å². The average molecular weight is 643 g/mol. The number of halogens is 1. The first kappa shape index (κ1) is 30.6. The number of benzene rings is 3. The van der Waals surface area contributed by atoms with Crippen molar-refractivity contribution in [3.8, 4) is 5.75 Å². The molecule has 0 bridgehead atoms. The Labute approximate surface area is 250 Å². The number of methoxy groups -OCH3 is 1. The van der Waals surface area contributed by atoms with Crippen molar-refractivity contribution in [2.24, 2.45) is 0 Å². The molecular weight excluding hydrogens is 606 g/mol. The predicted octanol–water partition coefficient (Wildman–Crippen LogP) is 4.92. The van der Waals surface area contributed by atoms with E-state index in [1.54, 1.807) is 24.3 Å². The van der Waals surface area contributed by atoms with Gasteiger partial charge in [-0.2, -0.15) is 0 Å². The van der Waals surface area contributed by atoms with Crippen LogP contribution in [0.4, 0.5) is 5.69 Å². The molecule has 8 nitrogen and oxygen atoms in total. The molecule has 2 amide bonds. The fourth-order valence-corrected chi connectivity index (χ4v) is 6.42. The summed E-state index contributed by atoms with van der Waals surface area (Å²) in [6, 6.07) is 22.9. The second kappa shape index (κ2) is 14.0. The Hall–Kier alpha value is -3.37. The molecule has 1 unspecified atom stereocenters. The molecule has 3 aromatic carbocycles. The molecule has 218 valence electrons. The lowest BCUT2D eigenvalue weighted by Crippen LogP contribution is -2.54. The van der Waals surface area contributed by atoms with Crippen LogP contribution in [0.2, 0.25) is 0 Å². The van der Waals surface area contributed by atoms with Crippen molar-refractivity contribution in [2.45, 2.75) is 50.7 Å². The highest BCUT2D eigenvalue weighted by Gasteiger charge is 2.34. The van der Waals surface area contributed by atoms with Crippen LogP contribution in [0, 0.1) is 0 Å². The number of hydrogen-bond donors (Lipinski definition) is 1. The van der Waals surface area contributed by atoms with Gasteiger partial charge in [0, 0.05) is 29.5 Å². The van der Waals surface area contributed by atoms with Crippen molar-refractivity contribution in [3.05, 3.63) is 94.5 Å². The van der Waals surface area contributed by atoms with Gasteiger partial charge in [-0.1, -0.05) is 77.3 Å². The molecule has 1 aliphatic rings. The number of carbonyl (C=O) groups excluding carboxylic acids is 2. The highest BCUT2D eigenvalue weighted by atomic mass is 79.9. The van der Waals surface area contributed by atoms with Gasteiger partial charge in [-0.05, 0) is 48.2 Å². The summed E-state index contributed by atoms with van der Waals surface area (Å²) in [5.74, 6) is -0.260. The van der Waals surface area contributed by atoms with E-state index in [2.05, 4.69) is 21.2 Å². The second-order valence-corrected chi connectivity index (χ2v) is 13.1. The molecule has 1 atom stereocenters. The zero-order chi connectivity index (χ0) is 29.4. The number of ether oxygens (including phenoxy) is 1. The summed E-state index contributed by atoms with van der Waals surface area (Å²) in [5, 5.41) is 3.17. The normalized spacial score (nSPS) is 14.3. The highest BCUT2D eigenvalue weighted by molar-refractivity contribution is 9.10. The predicted molar refractivity (Wildman–Crippen MR) is 164 cm³/mol. The second-order valence-electron chi connectivity index (χ2n) is 10.3. The minimum absolute atomic E-state index is 0.0629. The minimum Gasteiger partial charge on any atom is -0.497 e. The SMILES string of the molecule is COc1cccc(N(CC(=O)N(Cc2cccc(Br)c2)C(Cc2ccccc2)C(=O)NC2CCCC2)S(C)(=O)=O)c1. The van der Waals surface area contributed by atoms with Gasteiger partial charge in [0.05, 0.1) is 19.1 Å². The average Bonchev–Trinajstić information content (AvgIpc) is 3.46. The summed E-state index contributed by atoms with van der Waals surface area (Å²) in [4.78, 5) is 29.6. The van der Waals surface area contributed by atoms with E-state index in [9.17, 15) is 18.0 Å². The molecule has 0 spiro atoms. The van der Waals surface area contributed by atoms with Gasteiger partial charge in [-0.3, -0.25) is 13.9 Å². The maximum Gasteiger partial charge on any atom is 0.244 e. The number of rotatable bonds is 12. The van der Waals surface area contributed by atoms with Crippen LogP contribution in [0.3, 0.4) is 0 Å². The number of sulfonamides is 1. The van der Waals surface area contributed by atoms with Gasteiger partial charge in [0.1, 0.15) is 18.3 Å². The summed E-state index contributed by atoms with van der Waals surface area (Å²) < 4.78 is 33.1. The lowest BCUT2D eigenvalue weighted by atomic mass is 10.0. The third kappa shape index (κ3) is 8.56. The molecule has 3 aromatic rings. The van der Waals surface area contributed by atoms with Gasteiger partial charge in [0.2, 0.25) is 21.8 Å². The molecule has 10 heteroatoms. The smallest absolute Gasteiger partial charge is 0.244 e. The first-order valence-electron chi connectivity index (χ1n) is 13.6. The van der Waals surface area contributed by atoms with E-state index in [1.807, 2.05) is 54.6 Å². The van der Waals surface area contributed by atoms with Crippen LogP contribution in [-0.2, 0) is 32.6 Å². The number of hydrogen-bond acceptors (Lipinski definition) is 5. The van der Waals surface area contributed by atoms with E-state index < -0.39 is 28.5 Å². The maximum atomic E-state index is 14.2. The van der Waals surface area contributed by atoms with Crippen molar-refractivity contribution in [3.63, 3.8) is 0 Å². The summed E-state index contributed by atoms with van der Waals surface area (Å²) in [6.07, 6.45) is 5.27. The maximum absolute atomic E-state index is 14.2. The zero-order valence-electron chi connectivity index (χ0n) is 23.3. The van der Waals surface area contributed by atoms with E-state index in [0.29, 0.717) is 11.4 Å². The first-order valence-corrected chi connectivity index (χ1v) is 16.3. The highest BCUT2D eigenvalue weighted by Crippen LogP contribution is 2.25. The molecule has 0 aliphatic heterocycles. The fraction of sp³-hybridized carbons (Fsp3) is 0.355. The Morgan fingerprint density at radius 2 is 1.66 bits per heavy atom. The van der Waals surface area contributed by atoms with E-state index >= 15 is 0 Å². The summed E-state index contributed by atoms with van der Waals surface area (Å²) in [7, 11) is -2.36. The molecule has 0 radical (unpaired) electrons. The fourth-order valence-electron chi connectivity index (χ4n) is 5.13. The monoisotopic (exact) mass is 641 g/mol. The van der Waals surface area contributed by atoms with Crippen molar-refractivity contribution >= 4 is 43.5 Å². The van der Waals surface area contributed by atoms with Crippen LogP contribution in [0.5, 0.6) is 5.75 Å². The lowest BCUT2D eigenvalue weighted by Gasteiger charge is -2.34. The van der Waals surface area contributed by atoms with Crippen LogP contribution in [0.25, 0.3) is 0 Å². The third-order valence-corrected chi connectivity index (χ3v) is 8.87. The number of nitrogens with one attached hydrogen (secondary N) is 1. The standard InChI is InChI=1S/C31H36BrN3O5S/c1-40-28-17-9-16-27(20-28)35(41(2,38)39)22-30(36)34(21-24-12-8-13-25(32)18-24)29(19-23-10-4-3-5-11-23)31(37)33-26-14-6-7-15-26/h3-5,8-13,16-18,20,26,29H,6-7,14-15,19,21-22H2,1-2H3,(H,33,37). The number of amides is 2. The number of anilines is 1. The van der Waals surface area contributed by atoms with E-state index in [-0.39, 0.29) is 24.9 Å². The van der Waals surface area contributed by atoms with Crippen molar-refractivity contribution in [1.29, 1.82) is 0 Å². The summed E-state index contributed by atoms with van der Waals surface area (Å²) >= 11 is 3.50. The van der Waals surface area contributed by atoms with Crippen molar-refractivity contribution in [2.75, 3.05) is 24.2 Å². The third-order valence-electron chi connectivity index (χ3n) is 7.24. The first-order chi connectivity index (χ1) is 19.6. The van der Waals surface area contributed by atoms with Gasteiger partial charge in [-0.25, -0.2) is 8.42 Å². The molecule has 4 rings (SSSR count). The van der Waals surface area contributed by atoms with Crippen molar-refractivity contribution in [1.82, 2.24) is 10.2 Å². The Bertz CT molecular complexity index is 1440. The van der Waals surface area contributed by atoms with Gasteiger partial charge in [-0.15, -0.1) is 0 Å². The Kier molecular flexibility index (Phi) is 10.4. The minimum atomic E-state index is -3.85. The molecular formula is C31H36BrN3O5S. The topological polar surface area (TPSA) is 96.0 Å². The Balaban J connectivity index is 1.73. The van der Waals surface area contributed by atoms with Gasteiger partial charge in [0.15, 0.2) is 0 Å². The number of nitrogens with zero attached hydrogens (tertiary/aromatic N) is 2. The molecule has 1 N–H and O–H groups in total. The zero-order valence-corrected chi connectivity index (χ0v) is 25.7. The lowest BCUT2D eigenvalue weighted by molar-refractivity contribution is -0.140. The summed E-state index contributed by atoms with van der Waals surface area (Å²) in [5.41, 5.74) is 2.02. The van der Waals surface area contributed by atoms with Crippen molar-refractivity contribution < 1.29 is 22.7 Å².